The van der Waals surface area contributed by atoms with Gasteiger partial charge in [-0.2, -0.15) is 10.4 Å². The molecule has 0 saturated carbocycles. The van der Waals surface area contributed by atoms with Gasteiger partial charge < -0.3 is 10.1 Å². The first kappa shape index (κ1) is 17.3. The van der Waals surface area contributed by atoms with E-state index in [2.05, 4.69) is 16.5 Å². The van der Waals surface area contributed by atoms with Gasteiger partial charge in [0.25, 0.3) is 5.91 Å². The lowest BCUT2D eigenvalue weighted by molar-refractivity contribution is 0.102. The monoisotopic (exact) mass is 378 g/mol. The van der Waals surface area contributed by atoms with Crippen molar-refractivity contribution in [1.29, 1.82) is 5.26 Å². The van der Waals surface area contributed by atoms with E-state index >= 15 is 0 Å². The van der Waals surface area contributed by atoms with Gasteiger partial charge in [0.1, 0.15) is 16.8 Å². The number of carbonyl (C=O) groups excluding carboxylic acids is 1. The number of nitriles is 1. The van der Waals surface area contributed by atoms with Crippen LogP contribution in [0.2, 0.25) is 0 Å². The number of anilines is 1. The fourth-order valence-corrected chi connectivity index (χ4v) is 4.39. The minimum absolute atomic E-state index is 0.216. The number of para-hydroxylation sites is 1. The summed E-state index contributed by atoms with van der Waals surface area (Å²) < 4.78 is 7.18. The van der Waals surface area contributed by atoms with Crippen LogP contribution in [0.5, 0.6) is 5.75 Å². The molecule has 1 N–H and O–H groups in total. The van der Waals surface area contributed by atoms with Gasteiger partial charge in [-0.3, -0.25) is 4.79 Å². The molecule has 1 aliphatic rings. The lowest BCUT2D eigenvalue weighted by atomic mass is 9.96. The van der Waals surface area contributed by atoms with Gasteiger partial charge in [-0.05, 0) is 49.4 Å². The molecular weight excluding hydrogens is 360 g/mol. The molecule has 0 bridgehead atoms. The van der Waals surface area contributed by atoms with Gasteiger partial charge in [0.15, 0.2) is 12.4 Å². The summed E-state index contributed by atoms with van der Waals surface area (Å²) in [4.78, 5) is 13.8. The molecule has 136 valence electrons. The first-order valence-corrected chi connectivity index (χ1v) is 9.63. The number of benzene rings is 1. The maximum Gasteiger partial charge on any atom is 0.276 e. The second-order valence-corrected chi connectivity index (χ2v) is 7.41. The number of ether oxygens (including phenoxy) is 1. The maximum absolute atomic E-state index is 12.6. The van der Waals surface area contributed by atoms with E-state index in [0.717, 1.165) is 37.0 Å². The van der Waals surface area contributed by atoms with Gasteiger partial charge in [-0.1, -0.05) is 18.2 Å². The van der Waals surface area contributed by atoms with Crippen molar-refractivity contribution in [3.8, 4) is 11.8 Å². The van der Waals surface area contributed by atoms with Gasteiger partial charge in [-0.15, -0.1) is 11.3 Å². The molecule has 1 aromatic carbocycles. The maximum atomic E-state index is 12.6. The topological polar surface area (TPSA) is 79.9 Å². The zero-order valence-corrected chi connectivity index (χ0v) is 15.5. The van der Waals surface area contributed by atoms with E-state index in [1.807, 2.05) is 30.3 Å². The number of hydrogen-bond acceptors (Lipinski definition) is 5. The van der Waals surface area contributed by atoms with Gasteiger partial charge in [0, 0.05) is 11.1 Å². The van der Waals surface area contributed by atoms with E-state index in [1.54, 1.807) is 16.9 Å². The van der Waals surface area contributed by atoms with Crippen LogP contribution in [0.25, 0.3) is 0 Å². The van der Waals surface area contributed by atoms with Gasteiger partial charge in [0.05, 0.1) is 5.56 Å². The fraction of sp³-hybridized carbons (Fsp3) is 0.250. The molecule has 4 rings (SSSR count). The number of amides is 1. The highest BCUT2D eigenvalue weighted by molar-refractivity contribution is 7.16. The summed E-state index contributed by atoms with van der Waals surface area (Å²) in [5.41, 5.74) is 2.00. The number of aromatic nitrogens is 2. The summed E-state index contributed by atoms with van der Waals surface area (Å²) in [6.45, 7) is 0.216. The molecule has 0 radical (unpaired) electrons. The summed E-state index contributed by atoms with van der Waals surface area (Å²) in [7, 11) is 0. The largest absolute Gasteiger partial charge is 0.471 e. The second-order valence-electron chi connectivity index (χ2n) is 6.31. The van der Waals surface area contributed by atoms with E-state index in [0.29, 0.717) is 16.3 Å². The van der Waals surface area contributed by atoms with E-state index < -0.39 is 0 Å². The third-order valence-corrected chi connectivity index (χ3v) is 5.70. The molecule has 2 heterocycles. The van der Waals surface area contributed by atoms with Crippen LogP contribution < -0.4 is 10.1 Å². The molecule has 1 amide bonds. The lowest BCUT2D eigenvalue weighted by Gasteiger charge is -2.09. The van der Waals surface area contributed by atoms with Gasteiger partial charge in [0.2, 0.25) is 0 Å². The third kappa shape index (κ3) is 3.71. The zero-order chi connectivity index (χ0) is 18.6. The summed E-state index contributed by atoms with van der Waals surface area (Å²) in [6.07, 6.45) is 5.82. The normalized spacial score (nSPS) is 12.9. The summed E-state index contributed by atoms with van der Waals surface area (Å²) in [6, 6.07) is 13.3. The minimum atomic E-state index is -0.316. The number of hydrogen-bond donors (Lipinski definition) is 1. The number of fused-ring (bicyclic) bond motifs is 1. The Hall–Kier alpha value is -3.11. The first-order valence-electron chi connectivity index (χ1n) is 8.82. The fourth-order valence-electron chi connectivity index (χ4n) is 3.15. The second kappa shape index (κ2) is 7.64. The predicted molar refractivity (Wildman–Crippen MR) is 103 cm³/mol. The molecule has 27 heavy (non-hydrogen) atoms. The van der Waals surface area contributed by atoms with Crippen molar-refractivity contribution < 1.29 is 9.53 Å². The Morgan fingerprint density at radius 1 is 1.26 bits per heavy atom. The molecule has 0 spiro atoms. The molecule has 0 saturated heterocycles. The van der Waals surface area contributed by atoms with Crippen LogP contribution in [0.4, 0.5) is 5.00 Å². The van der Waals surface area contributed by atoms with E-state index in [4.69, 9.17) is 4.74 Å². The van der Waals surface area contributed by atoms with Gasteiger partial charge >= 0.3 is 0 Å². The highest BCUT2D eigenvalue weighted by Crippen LogP contribution is 2.37. The SMILES string of the molecule is N#Cc1c(NC(=O)c2ccn(COc3ccccc3)n2)sc2c1CCCC2. The number of rotatable bonds is 5. The molecular formula is C20H18N4O2S. The van der Waals surface area contributed by atoms with Crippen LogP contribution in [-0.4, -0.2) is 15.7 Å². The molecule has 7 heteroatoms. The van der Waals surface area contributed by atoms with Crippen molar-refractivity contribution in [2.75, 3.05) is 5.32 Å². The quantitative estimate of drug-likeness (QED) is 0.728. The molecule has 6 nitrogen and oxygen atoms in total. The van der Waals surface area contributed by atoms with Crippen molar-refractivity contribution in [2.45, 2.75) is 32.4 Å². The average Bonchev–Trinajstić information content (AvgIpc) is 3.31. The minimum Gasteiger partial charge on any atom is -0.471 e. The number of aryl methyl sites for hydroxylation is 1. The summed E-state index contributed by atoms with van der Waals surface area (Å²) in [5, 5.41) is 17.3. The Labute approximate surface area is 161 Å². The number of thiophene rings is 1. The molecule has 1 aliphatic carbocycles. The van der Waals surface area contributed by atoms with Crippen LogP contribution in [-0.2, 0) is 19.6 Å². The van der Waals surface area contributed by atoms with Crippen LogP contribution in [0.1, 0.15) is 39.3 Å². The molecule has 0 atom stereocenters. The van der Waals surface area contributed by atoms with E-state index in [9.17, 15) is 10.1 Å². The van der Waals surface area contributed by atoms with Gasteiger partial charge in [-0.25, -0.2) is 4.68 Å². The predicted octanol–water partition coefficient (Wildman–Crippen LogP) is 3.98. The zero-order valence-electron chi connectivity index (χ0n) is 14.6. The Morgan fingerprint density at radius 3 is 2.89 bits per heavy atom. The first-order chi connectivity index (χ1) is 13.2. The number of nitrogens with one attached hydrogen (secondary N) is 1. The Bertz CT molecular complexity index is 1000. The van der Waals surface area contributed by atoms with Crippen LogP contribution in [0, 0.1) is 11.3 Å². The molecule has 0 fully saturated rings. The smallest absolute Gasteiger partial charge is 0.276 e. The standard InChI is InChI=1S/C20H18N4O2S/c21-12-16-15-8-4-5-9-18(15)27-20(16)22-19(25)17-10-11-24(23-17)13-26-14-6-2-1-3-7-14/h1-3,6-7,10-11H,4-5,8-9,13H2,(H,22,25). The van der Waals surface area contributed by atoms with Crippen molar-refractivity contribution in [3.63, 3.8) is 0 Å². The van der Waals surface area contributed by atoms with Crippen LogP contribution in [0.15, 0.2) is 42.6 Å². The van der Waals surface area contributed by atoms with E-state index in [1.165, 1.54) is 16.2 Å². The van der Waals surface area contributed by atoms with Crippen LogP contribution >= 0.6 is 11.3 Å². The van der Waals surface area contributed by atoms with Crippen molar-refractivity contribution >= 4 is 22.2 Å². The number of nitrogens with zero attached hydrogens (tertiary/aromatic N) is 3. The van der Waals surface area contributed by atoms with Crippen molar-refractivity contribution in [1.82, 2.24) is 9.78 Å². The average molecular weight is 378 g/mol. The van der Waals surface area contributed by atoms with E-state index in [-0.39, 0.29) is 12.6 Å². The third-order valence-electron chi connectivity index (χ3n) is 4.49. The van der Waals surface area contributed by atoms with Crippen molar-refractivity contribution in [2.24, 2.45) is 0 Å². The Balaban J connectivity index is 1.44. The molecule has 2 aromatic heterocycles. The number of carbonyl (C=O) groups is 1. The van der Waals surface area contributed by atoms with Crippen molar-refractivity contribution in [3.05, 3.63) is 64.3 Å². The highest BCUT2D eigenvalue weighted by Gasteiger charge is 2.22. The summed E-state index contributed by atoms with van der Waals surface area (Å²) >= 11 is 1.51. The Kier molecular flexibility index (Phi) is 4.90. The highest BCUT2D eigenvalue weighted by atomic mass is 32.1. The summed E-state index contributed by atoms with van der Waals surface area (Å²) in [5.74, 6) is 0.422. The molecule has 0 unspecified atom stereocenters. The molecule has 3 aromatic rings. The molecule has 0 aliphatic heterocycles. The van der Waals surface area contributed by atoms with Crippen LogP contribution in [0.3, 0.4) is 0 Å². The lowest BCUT2D eigenvalue weighted by Crippen LogP contribution is -2.14. The Morgan fingerprint density at radius 2 is 2.07 bits per heavy atom.